The van der Waals surface area contributed by atoms with Crippen LogP contribution < -0.4 is 10.1 Å². The number of phenols is 1. The number of carbonyl (C=O) groups excluding carboxylic acids is 1. The van der Waals surface area contributed by atoms with E-state index in [4.69, 9.17) is 9.47 Å². The molecule has 0 aliphatic carbocycles. The van der Waals surface area contributed by atoms with E-state index in [1.54, 1.807) is 30.0 Å². The number of hydrogen-bond acceptors (Lipinski definition) is 5. The van der Waals surface area contributed by atoms with Crippen LogP contribution in [-0.2, 0) is 4.74 Å². The summed E-state index contributed by atoms with van der Waals surface area (Å²) in [6.07, 6.45) is 1.68. The number of urea groups is 1. The Balaban J connectivity index is 1.53. The molecule has 1 aromatic rings. The maximum Gasteiger partial charge on any atom is 0.317 e. The van der Waals surface area contributed by atoms with Gasteiger partial charge in [-0.1, -0.05) is 0 Å². The number of rotatable bonds is 8. The number of nitrogens with zero attached hydrogens (tertiary/aromatic N) is 1. The van der Waals surface area contributed by atoms with Gasteiger partial charge in [0, 0.05) is 19.6 Å². The number of morpholine rings is 1. The van der Waals surface area contributed by atoms with Gasteiger partial charge in [0.05, 0.1) is 19.3 Å². The third kappa shape index (κ3) is 6.80. The van der Waals surface area contributed by atoms with Crippen molar-refractivity contribution in [2.24, 2.45) is 0 Å². The average molecular weight is 352 g/mol. The lowest BCUT2D eigenvalue weighted by atomic mass is 10.1. The van der Waals surface area contributed by atoms with Gasteiger partial charge in [-0.25, -0.2) is 4.79 Å². The first-order valence-electron chi connectivity index (χ1n) is 8.77. The fourth-order valence-electron chi connectivity index (χ4n) is 2.57. The van der Waals surface area contributed by atoms with Crippen LogP contribution in [0.4, 0.5) is 4.79 Å². The van der Waals surface area contributed by atoms with Crippen molar-refractivity contribution in [3.63, 3.8) is 0 Å². The van der Waals surface area contributed by atoms with Gasteiger partial charge in [-0.2, -0.15) is 0 Å². The first-order valence-corrected chi connectivity index (χ1v) is 8.77. The number of carbonyl (C=O) groups is 1. The van der Waals surface area contributed by atoms with Crippen molar-refractivity contribution < 1.29 is 24.5 Å². The molecule has 2 amide bonds. The predicted octanol–water partition coefficient (Wildman–Crippen LogP) is 1.65. The van der Waals surface area contributed by atoms with Crippen LogP contribution in [-0.4, -0.2) is 66.7 Å². The number of aliphatic hydroxyl groups is 1. The molecule has 0 aromatic heterocycles. The minimum Gasteiger partial charge on any atom is -0.508 e. The predicted molar refractivity (Wildman–Crippen MR) is 94.0 cm³/mol. The number of aromatic hydroxyl groups is 1. The number of ether oxygens (including phenoxy) is 2. The van der Waals surface area contributed by atoms with Gasteiger partial charge < -0.3 is 29.9 Å². The van der Waals surface area contributed by atoms with E-state index in [2.05, 4.69) is 5.32 Å². The number of hydrogen-bond donors (Lipinski definition) is 3. The maximum atomic E-state index is 11.9. The molecule has 2 rings (SSSR count). The topological polar surface area (TPSA) is 91.3 Å². The van der Waals surface area contributed by atoms with Crippen LogP contribution in [0.1, 0.15) is 24.8 Å². The zero-order valence-electron chi connectivity index (χ0n) is 14.7. The van der Waals surface area contributed by atoms with E-state index in [0.717, 1.165) is 18.4 Å². The molecule has 1 saturated heterocycles. The highest BCUT2D eigenvalue weighted by atomic mass is 16.5. The highest BCUT2D eigenvalue weighted by molar-refractivity contribution is 5.74. The minimum atomic E-state index is -0.552. The zero-order valence-corrected chi connectivity index (χ0v) is 14.7. The Bertz CT molecular complexity index is 546. The van der Waals surface area contributed by atoms with Gasteiger partial charge in [0.2, 0.25) is 0 Å². The Labute approximate surface area is 148 Å². The number of unbranched alkanes of at least 4 members (excludes halogenated alkanes) is 1. The molecule has 1 fully saturated rings. The molecule has 1 aliphatic heterocycles. The van der Waals surface area contributed by atoms with Crippen LogP contribution in [0.3, 0.4) is 0 Å². The number of nitrogens with one attached hydrogen (secondary N) is 1. The monoisotopic (exact) mass is 352 g/mol. The number of phenolic OH excluding ortho intramolecular Hbond substituents is 1. The van der Waals surface area contributed by atoms with Crippen LogP contribution in [0, 0.1) is 6.92 Å². The zero-order chi connectivity index (χ0) is 18.1. The molecule has 3 N–H and O–H groups in total. The van der Waals surface area contributed by atoms with Crippen molar-refractivity contribution in [2.45, 2.75) is 32.3 Å². The summed E-state index contributed by atoms with van der Waals surface area (Å²) in [6, 6.07) is 4.95. The molecule has 1 aliphatic rings. The lowest BCUT2D eigenvalue weighted by Gasteiger charge is -2.26. The van der Waals surface area contributed by atoms with Gasteiger partial charge in [-0.05, 0) is 49.9 Å². The quantitative estimate of drug-likeness (QED) is 0.619. The van der Waals surface area contributed by atoms with Gasteiger partial charge in [0.1, 0.15) is 18.1 Å². The fourth-order valence-corrected chi connectivity index (χ4v) is 2.57. The van der Waals surface area contributed by atoms with E-state index >= 15 is 0 Å². The Morgan fingerprint density at radius 2 is 2.12 bits per heavy atom. The summed E-state index contributed by atoms with van der Waals surface area (Å²) in [5, 5.41) is 22.3. The molecule has 1 atom stereocenters. The van der Waals surface area contributed by atoms with Gasteiger partial charge in [0.15, 0.2) is 0 Å². The minimum absolute atomic E-state index is 0.0464. The Morgan fingerprint density at radius 1 is 1.36 bits per heavy atom. The Morgan fingerprint density at radius 3 is 2.84 bits per heavy atom. The van der Waals surface area contributed by atoms with E-state index < -0.39 is 6.10 Å². The lowest BCUT2D eigenvalue weighted by Crippen LogP contribution is -2.46. The van der Waals surface area contributed by atoms with Gasteiger partial charge in [-0.3, -0.25) is 0 Å². The van der Waals surface area contributed by atoms with Gasteiger partial charge >= 0.3 is 6.03 Å². The highest BCUT2D eigenvalue weighted by Gasteiger charge is 2.15. The molecular weight excluding hydrogens is 324 g/mol. The first-order chi connectivity index (χ1) is 12.1. The second-order valence-electron chi connectivity index (χ2n) is 6.24. The molecule has 0 bridgehead atoms. The van der Waals surface area contributed by atoms with Crippen molar-refractivity contribution in [1.82, 2.24) is 10.2 Å². The SMILES string of the molecule is Cc1cc(OC[C@@H](O)CCCCNC(=O)N2CCOCC2)ccc1O. The number of amides is 2. The molecule has 0 spiro atoms. The van der Waals surface area contributed by atoms with E-state index in [1.165, 1.54) is 0 Å². The summed E-state index contributed by atoms with van der Waals surface area (Å²) in [5.41, 5.74) is 0.739. The highest BCUT2D eigenvalue weighted by Crippen LogP contribution is 2.22. The third-order valence-corrected chi connectivity index (χ3v) is 4.15. The van der Waals surface area contributed by atoms with E-state index in [9.17, 15) is 15.0 Å². The molecule has 25 heavy (non-hydrogen) atoms. The smallest absolute Gasteiger partial charge is 0.317 e. The summed E-state index contributed by atoms with van der Waals surface area (Å²) in [6.45, 7) is 5.08. The van der Waals surface area contributed by atoms with E-state index in [0.29, 0.717) is 45.0 Å². The van der Waals surface area contributed by atoms with Gasteiger partial charge in [-0.15, -0.1) is 0 Å². The van der Waals surface area contributed by atoms with Crippen LogP contribution in [0.25, 0.3) is 0 Å². The normalized spacial score (nSPS) is 15.7. The summed E-state index contributed by atoms with van der Waals surface area (Å²) in [4.78, 5) is 13.6. The number of aliphatic hydroxyl groups excluding tert-OH is 1. The summed E-state index contributed by atoms with van der Waals surface area (Å²) >= 11 is 0. The first kappa shape index (κ1) is 19.3. The van der Waals surface area contributed by atoms with Crippen molar-refractivity contribution in [1.29, 1.82) is 0 Å². The van der Waals surface area contributed by atoms with Crippen molar-refractivity contribution in [3.05, 3.63) is 23.8 Å². The Kier molecular flexibility index (Phi) is 7.81. The molecule has 1 aromatic carbocycles. The van der Waals surface area contributed by atoms with Crippen LogP contribution in [0.5, 0.6) is 11.5 Å². The second kappa shape index (κ2) is 10.1. The molecule has 0 saturated carbocycles. The summed E-state index contributed by atoms with van der Waals surface area (Å²) < 4.78 is 10.7. The molecule has 140 valence electrons. The van der Waals surface area contributed by atoms with Crippen LogP contribution in [0.2, 0.25) is 0 Å². The molecule has 0 unspecified atom stereocenters. The van der Waals surface area contributed by atoms with Crippen LogP contribution in [0.15, 0.2) is 18.2 Å². The molecule has 1 heterocycles. The Hall–Kier alpha value is -1.99. The maximum absolute atomic E-state index is 11.9. The largest absolute Gasteiger partial charge is 0.508 e. The lowest BCUT2D eigenvalue weighted by molar-refractivity contribution is 0.0532. The fraction of sp³-hybridized carbons (Fsp3) is 0.611. The third-order valence-electron chi connectivity index (χ3n) is 4.15. The molecule has 0 radical (unpaired) electrons. The van der Waals surface area contributed by atoms with Crippen molar-refractivity contribution >= 4 is 6.03 Å². The van der Waals surface area contributed by atoms with Gasteiger partial charge in [0.25, 0.3) is 0 Å². The molecular formula is C18H28N2O5. The number of benzene rings is 1. The number of aryl methyl sites for hydroxylation is 1. The van der Waals surface area contributed by atoms with E-state index in [-0.39, 0.29) is 18.4 Å². The summed E-state index contributed by atoms with van der Waals surface area (Å²) in [5.74, 6) is 0.860. The standard InChI is InChI=1S/C18H28N2O5/c1-14-12-16(5-6-17(14)22)25-13-15(21)4-2-3-7-19-18(23)20-8-10-24-11-9-20/h5-6,12,15,21-22H,2-4,7-11,13H2,1H3,(H,19,23)/t15-/m0/s1. The van der Waals surface area contributed by atoms with Crippen molar-refractivity contribution in [2.75, 3.05) is 39.5 Å². The molecule has 7 nitrogen and oxygen atoms in total. The van der Waals surface area contributed by atoms with E-state index in [1.807, 2.05) is 0 Å². The van der Waals surface area contributed by atoms with Crippen LogP contribution >= 0.6 is 0 Å². The average Bonchev–Trinajstić information content (AvgIpc) is 2.63. The molecule has 7 heteroatoms. The summed E-state index contributed by atoms with van der Waals surface area (Å²) in [7, 11) is 0. The van der Waals surface area contributed by atoms with Crippen molar-refractivity contribution in [3.8, 4) is 11.5 Å². The second-order valence-corrected chi connectivity index (χ2v) is 6.24.